The number of fused-ring (bicyclic) bond motifs is 1. The third kappa shape index (κ3) is 4.05. The number of hydrogen-bond acceptors (Lipinski definition) is 5. The van der Waals surface area contributed by atoms with Gasteiger partial charge in [0.1, 0.15) is 5.52 Å². The highest BCUT2D eigenvalue weighted by Crippen LogP contribution is 2.43. The van der Waals surface area contributed by atoms with Gasteiger partial charge < -0.3 is 10.3 Å². The van der Waals surface area contributed by atoms with Crippen LogP contribution in [0.3, 0.4) is 0 Å². The van der Waals surface area contributed by atoms with Gasteiger partial charge in [-0.2, -0.15) is 0 Å². The van der Waals surface area contributed by atoms with Crippen molar-refractivity contribution in [3.05, 3.63) is 63.7 Å². The zero-order chi connectivity index (χ0) is 23.3. The van der Waals surface area contributed by atoms with Crippen LogP contribution in [0.4, 0.5) is 0 Å². The number of hydrogen-bond donors (Lipinski definition) is 2. The normalized spacial score (nSPS) is 20.1. The highest BCUT2D eigenvalue weighted by Gasteiger charge is 2.33. The molecule has 0 amide bonds. The van der Waals surface area contributed by atoms with Crippen molar-refractivity contribution < 1.29 is 8.42 Å². The molecule has 2 aliphatic rings. The van der Waals surface area contributed by atoms with Gasteiger partial charge in [-0.3, -0.25) is 9.69 Å². The lowest BCUT2D eigenvalue weighted by Gasteiger charge is -2.38. The Hall–Kier alpha value is -2.42. The molecule has 0 spiro atoms. The summed E-state index contributed by atoms with van der Waals surface area (Å²) in [6.45, 7) is 9.36. The zero-order valence-electron chi connectivity index (χ0n) is 19.5. The quantitative estimate of drug-likeness (QED) is 0.580. The van der Waals surface area contributed by atoms with Gasteiger partial charge in [0.25, 0.3) is 15.6 Å². The average molecular weight is 469 g/mol. The summed E-state index contributed by atoms with van der Waals surface area (Å²) in [5.41, 5.74) is 2.56. The van der Waals surface area contributed by atoms with Gasteiger partial charge in [0.05, 0.1) is 4.90 Å². The Morgan fingerprint density at radius 1 is 1.15 bits per heavy atom. The summed E-state index contributed by atoms with van der Waals surface area (Å²) in [5, 5.41) is 4.22. The summed E-state index contributed by atoms with van der Waals surface area (Å²) in [6.07, 6.45) is 3.91. The van der Waals surface area contributed by atoms with Crippen molar-refractivity contribution in [1.29, 1.82) is 0 Å². The lowest BCUT2D eigenvalue weighted by Crippen LogP contribution is -2.53. The summed E-state index contributed by atoms with van der Waals surface area (Å²) < 4.78 is 29.2. The van der Waals surface area contributed by atoms with Crippen molar-refractivity contribution in [1.82, 2.24) is 19.2 Å². The first-order chi connectivity index (χ1) is 15.8. The smallest absolute Gasteiger partial charge is 0.273 e. The van der Waals surface area contributed by atoms with E-state index in [1.165, 1.54) is 3.97 Å². The average Bonchev–Trinajstić information content (AvgIpc) is 3.54. The first kappa shape index (κ1) is 22.4. The van der Waals surface area contributed by atoms with E-state index in [0.29, 0.717) is 30.1 Å². The number of benzene rings is 1. The van der Waals surface area contributed by atoms with Crippen LogP contribution < -0.4 is 10.9 Å². The number of nitrogens with one attached hydrogen (secondary N) is 2. The number of H-pyrrole nitrogens is 1. The maximum Gasteiger partial charge on any atom is 0.273 e. The molecule has 176 valence electrons. The molecule has 2 fully saturated rings. The van der Waals surface area contributed by atoms with Crippen molar-refractivity contribution in [2.45, 2.75) is 57.0 Å². The molecule has 2 N–H and O–H groups in total. The Morgan fingerprint density at radius 3 is 2.55 bits per heavy atom. The minimum absolute atomic E-state index is 0.198. The van der Waals surface area contributed by atoms with Crippen LogP contribution in [0.2, 0.25) is 0 Å². The first-order valence-electron chi connectivity index (χ1n) is 11.8. The Labute approximate surface area is 194 Å². The van der Waals surface area contributed by atoms with E-state index in [9.17, 15) is 13.2 Å². The van der Waals surface area contributed by atoms with Gasteiger partial charge in [0, 0.05) is 49.5 Å². The molecule has 1 aliphatic carbocycles. The summed E-state index contributed by atoms with van der Waals surface area (Å²) in [4.78, 5) is 18.4. The van der Waals surface area contributed by atoms with E-state index < -0.39 is 10.0 Å². The molecule has 1 atom stereocenters. The van der Waals surface area contributed by atoms with Gasteiger partial charge in [-0.1, -0.05) is 31.5 Å². The van der Waals surface area contributed by atoms with E-state index in [2.05, 4.69) is 29.0 Å². The van der Waals surface area contributed by atoms with E-state index in [1.54, 1.807) is 30.5 Å². The van der Waals surface area contributed by atoms with Crippen LogP contribution in [0.5, 0.6) is 0 Å². The Morgan fingerprint density at radius 2 is 1.88 bits per heavy atom. The van der Waals surface area contributed by atoms with Crippen molar-refractivity contribution in [2.75, 3.05) is 19.6 Å². The van der Waals surface area contributed by atoms with Crippen LogP contribution in [0.15, 0.2) is 46.2 Å². The second-order valence-corrected chi connectivity index (χ2v) is 11.6. The molecule has 8 heteroatoms. The Balaban J connectivity index is 1.71. The van der Waals surface area contributed by atoms with Gasteiger partial charge in [-0.25, -0.2) is 12.4 Å². The number of aromatic nitrogens is 2. The molecular weight excluding hydrogens is 436 g/mol. The largest absolute Gasteiger partial charge is 0.327 e. The molecule has 0 bridgehead atoms. The maximum atomic E-state index is 13.9. The molecule has 7 nitrogen and oxygen atoms in total. The van der Waals surface area contributed by atoms with Crippen molar-refractivity contribution in [2.24, 2.45) is 5.92 Å². The molecule has 3 aromatic rings. The minimum atomic E-state index is -3.95. The number of nitrogens with zero attached hydrogens (tertiary/aromatic N) is 2. The number of aromatic amines is 1. The van der Waals surface area contributed by atoms with Crippen LogP contribution in [-0.4, -0.2) is 48.0 Å². The second kappa shape index (κ2) is 8.42. The molecule has 3 heterocycles. The van der Waals surface area contributed by atoms with E-state index in [4.69, 9.17) is 0 Å². The van der Waals surface area contributed by atoms with Crippen molar-refractivity contribution in [3.8, 4) is 0 Å². The SMILES string of the molecule is Cc1ccc(S(=O)(=O)n2c(CN3CCNC[C@H]3C(C)C)cc3c(C4CC4)c[nH]c(=O)c32)cc1. The fraction of sp³-hybridized carbons (Fsp3) is 0.480. The summed E-state index contributed by atoms with van der Waals surface area (Å²) in [7, 11) is -3.95. The van der Waals surface area contributed by atoms with E-state index in [1.807, 2.05) is 13.0 Å². The molecule has 0 radical (unpaired) electrons. The van der Waals surface area contributed by atoms with Crippen LogP contribution in [0, 0.1) is 12.8 Å². The molecular formula is C25H32N4O3S. The van der Waals surface area contributed by atoms with E-state index in [0.717, 1.165) is 49.0 Å². The second-order valence-electron chi connectivity index (χ2n) is 9.81. The predicted molar refractivity (Wildman–Crippen MR) is 130 cm³/mol. The van der Waals surface area contributed by atoms with Gasteiger partial charge >= 0.3 is 0 Å². The fourth-order valence-electron chi connectivity index (χ4n) is 5.03. The fourth-order valence-corrected chi connectivity index (χ4v) is 6.56. The summed E-state index contributed by atoms with van der Waals surface area (Å²) >= 11 is 0. The number of piperazine rings is 1. The van der Waals surface area contributed by atoms with Crippen molar-refractivity contribution >= 4 is 20.9 Å². The van der Waals surface area contributed by atoms with E-state index >= 15 is 0 Å². The lowest BCUT2D eigenvalue weighted by atomic mass is 10.0. The molecule has 1 aliphatic heterocycles. The topological polar surface area (TPSA) is 87.2 Å². The van der Waals surface area contributed by atoms with Gasteiger partial charge in [-0.15, -0.1) is 0 Å². The van der Waals surface area contributed by atoms with Crippen LogP contribution in [0.25, 0.3) is 10.9 Å². The Bertz CT molecular complexity index is 1330. The standard InChI is InChI=1S/C25H32N4O3S/c1-16(2)23-14-26-10-11-28(23)15-19-12-21-22(18-6-7-18)13-27-25(30)24(21)29(19)33(31,32)20-8-4-17(3)5-9-20/h4-5,8-9,12-13,16,18,23,26H,6-7,10-11,14-15H2,1-3H3,(H,27,30)/t23-/m0/s1. The van der Waals surface area contributed by atoms with Gasteiger partial charge in [-0.05, 0) is 55.4 Å². The number of pyridine rings is 1. The number of rotatable bonds is 6. The monoisotopic (exact) mass is 468 g/mol. The van der Waals surface area contributed by atoms with Crippen molar-refractivity contribution in [3.63, 3.8) is 0 Å². The third-order valence-corrected chi connectivity index (χ3v) is 8.79. The highest BCUT2D eigenvalue weighted by molar-refractivity contribution is 7.90. The first-order valence-corrected chi connectivity index (χ1v) is 13.2. The Kier molecular flexibility index (Phi) is 5.71. The summed E-state index contributed by atoms with van der Waals surface area (Å²) in [6, 6.07) is 9.09. The van der Waals surface area contributed by atoms with Crippen LogP contribution >= 0.6 is 0 Å². The molecule has 1 aromatic carbocycles. The molecule has 2 aromatic heterocycles. The van der Waals surface area contributed by atoms with Gasteiger partial charge in [0.2, 0.25) is 0 Å². The zero-order valence-corrected chi connectivity index (χ0v) is 20.3. The summed E-state index contributed by atoms with van der Waals surface area (Å²) in [5.74, 6) is 0.812. The third-order valence-electron chi connectivity index (χ3n) is 7.02. The lowest BCUT2D eigenvalue weighted by molar-refractivity contribution is 0.115. The number of aryl methyl sites for hydroxylation is 1. The highest BCUT2D eigenvalue weighted by atomic mass is 32.2. The minimum Gasteiger partial charge on any atom is -0.327 e. The molecule has 1 saturated heterocycles. The molecule has 5 rings (SSSR count). The van der Waals surface area contributed by atoms with Gasteiger partial charge in [0.15, 0.2) is 0 Å². The molecule has 1 saturated carbocycles. The van der Waals surface area contributed by atoms with Crippen LogP contribution in [0.1, 0.15) is 49.4 Å². The molecule has 0 unspecified atom stereocenters. The molecule has 33 heavy (non-hydrogen) atoms. The van der Waals surface area contributed by atoms with Crippen LogP contribution in [-0.2, 0) is 16.6 Å². The maximum absolute atomic E-state index is 13.9. The van der Waals surface area contributed by atoms with E-state index in [-0.39, 0.29) is 16.0 Å². The predicted octanol–water partition coefficient (Wildman–Crippen LogP) is 3.18.